The van der Waals surface area contributed by atoms with Gasteiger partial charge in [-0.3, -0.25) is 4.79 Å². The minimum absolute atomic E-state index is 0.128. The first-order chi connectivity index (χ1) is 13.0. The van der Waals surface area contributed by atoms with Crippen LogP contribution in [0, 0.1) is 0 Å². The number of benzene rings is 1. The van der Waals surface area contributed by atoms with E-state index in [4.69, 9.17) is 16.3 Å². The number of carbonyl (C=O) groups is 1. The number of halogens is 1. The highest BCUT2D eigenvalue weighted by atomic mass is 35.5. The summed E-state index contributed by atoms with van der Waals surface area (Å²) in [5.74, 6) is 1.01. The van der Waals surface area contributed by atoms with E-state index in [1.165, 1.54) is 18.0 Å². The molecule has 7 nitrogen and oxygen atoms in total. The normalized spacial score (nSPS) is 11.9. The first kappa shape index (κ1) is 19.2. The predicted octanol–water partition coefficient (Wildman–Crippen LogP) is 3.11. The first-order valence-corrected chi connectivity index (χ1v) is 9.62. The fraction of sp³-hybridized carbons (Fsp3) is 0.222. The third kappa shape index (κ3) is 4.23. The lowest BCUT2D eigenvalue weighted by atomic mass is 10.1. The van der Waals surface area contributed by atoms with Gasteiger partial charge in [-0.1, -0.05) is 35.5 Å². The van der Waals surface area contributed by atoms with Crippen LogP contribution in [-0.2, 0) is 7.05 Å². The number of imidazole rings is 1. The van der Waals surface area contributed by atoms with Gasteiger partial charge in [-0.2, -0.15) is 0 Å². The lowest BCUT2D eigenvalue weighted by molar-refractivity contribution is 0.0935. The van der Waals surface area contributed by atoms with Crippen LogP contribution in [0.5, 0.6) is 5.75 Å². The summed E-state index contributed by atoms with van der Waals surface area (Å²) in [5, 5.41) is 3.64. The second-order valence-electron chi connectivity index (χ2n) is 5.63. The molecule has 1 N–H and O–H groups in total. The average molecular weight is 404 g/mol. The van der Waals surface area contributed by atoms with Crippen molar-refractivity contribution in [1.82, 2.24) is 24.8 Å². The summed E-state index contributed by atoms with van der Waals surface area (Å²) in [6, 6.07) is 6.95. The van der Waals surface area contributed by atoms with Crippen molar-refractivity contribution in [1.29, 1.82) is 0 Å². The van der Waals surface area contributed by atoms with Crippen LogP contribution >= 0.6 is 23.4 Å². The standard InChI is InChI=1S/C18H18ClN5O2S/c1-24-9-8-20-16(24)14(11-4-6-12(26-2)7-5-11)22-17(25)15-13(19)10-21-18(23-15)27-3/h4-10,14H,1-3H3,(H,22,25)/t14-/m1/s1. The number of hydrogen-bond acceptors (Lipinski definition) is 6. The minimum atomic E-state index is -0.479. The SMILES string of the molecule is COc1ccc([C@@H](NC(=O)c2nc(SC)ncc2Cl)c2nccn2C)cc1. The molecule has 1 amide bonds. The molecule has 0 radical (unpaired) electrons. The summed E-state index contributed by atoms with van der Waals surface area (Å²) in [6.45, 7) is 0. The number of methoxy groups -OCH3 is 1. The summed E-state index contributed by atoms with van der Waals surface area (Å²) in [5.41, 5.74) is 0.984. The molecule has 0 bridgehead atoms. The summed E-state index contributed by atoms with van der Waals surface area (Å²) >= 11 is 7.48. The van der Waals surface area contributed by atoms with Crippen molar-refractivity contribution in [2.24, 2.45) is 7.05 Å². The van der Waals surface area contributed by atoms with Gasteiger partial charge >= 0.3 is 0 Å². The molecule has 0 unspecified atom stereocenters. The Labute approximate surface area is 166 Å². The fourth-order valence-electron chi connectivity index (χ4n) is 2.56. The van der Waals surface area contributed by atoms with Crippen LogP contribution in [0.2, 0.25) is 5.02 Å². The summed E-state index contributed by atoms with van der Waals surface area (Å²) in [4.78, 5) is 25.6. The van der Waals surface area contributed by atoms with E-state index in [1.54, 1.807) is 13.3 Å². The number of aryl methyl sites for hydroxylation is 1. The van der Waals surface area contributed by atoms with Crippen molar-refractivity contribution < 1.29 is 9.53 Å². The van der Waals surface area contributed by atoms with Crippen LogP contribution in [0.25, 0.3) is 0 Å². The lowest BCUT2D eigenvalue weighted by Crippen LogP contribution is -2.32. The quantitative estimate of drug-likeness (QED) is 0.503. The maximum absolute atomic E-state index is 12.9. The Bertz CT molecular complexity index is 945. The third-order valence-electron chi connectivity index (χ3n) is 3.96. The van der Waals surface area contributed by atoms with Gasteiger partial charge < -0.3 is 14.6 Å². The Kier molecular flexibility index (Phi) is 5.98. The van der Waals surface area contributed by atoms with Crippen molar-refractivity contribution >= 4 is 29.3 Å². The second kappa shape index (κ2) is 8.41. The van der Waals surface area contributed by atoms with E-state index >= 15 is 0 Å². The van der Waals surface area contributed by atoms with Gasteiger partial charge in [0.25, 0.3) is 5.91 Å². The number of rotatable bonds is 6. The van der Waals surface area contributed by atoms with Crippen LogP contribution in [0.3, 0.4) is 0 Å². The second-order valence-corrected chi connectivity index (χ2v) is 6.81. The molecule has 27 heavy (non-hydrogen) atoms. The van der Waals surface area contributed by atoms with Crippen LogP contribution in [0.1, 0.15) is 27.9 Å². The molecule has 2 heterocycles. The van der Waals surface area contributed by atoms with Crippen molar-refractivity contribution in [2.45, 2.75) is 11.2 Å². The Morgan fingerprint density at radius 2 is 2.04 bits per heavy atom. The highest BCUT2D eigenvalue weighted by Gasteiger charge is 2.24. The van der Waals surface area contributed by atoms with E-state index in [2.05, 4.69) is 20.3 Å². The topological polar surface area (TPSA) is 81.9 Å². The highest BCUT2D eigenvalue weighted by molar-refractivity contribution is 7.98. The zero-order chi connectivity index (χ0) is 19.4. The van der Waals surface area contributed by atoms with Gasteiger partial charge in [0, 0.05) is 19.4 Å². The van der Waals surface area contributed by atoms with Gasteiger partial charge in [0.1, 0.15) is 17.6 Å². The number of amides is 1. The summed E-state index contributed by atoms with van der Waals surface area (Å²) in [7, 11) is 3.47. The molecule has 0 aliphatic rings. The van der Waals surface area contributed by atoms with Gasteiger partial charge in [0.15, 0.2) is 10.9 Å². The molecular formula is C18H18ClN5O2S. The molecule has 0 saturated heterocycles. The van der Waals surface area contributed by atoms with Crippen LogP contribution in [0.4, 0.5) is 0 Å². The van der Waals surface area contributed by atoms with E-state index < -0.39 is 11.9 Å². The number of nitrogens with zero attached hydrogens (tertiary/aromatic N) is 4. The Morgan fingerprint density at radius 3 is 2.63 bits per heavy atom. The highest BCUT2D eigenvalue weighted by Crippen LogP contribution is 2.24. The molecular weight excluding hydrogens is 386 g/mol. The van der Waals surface area contributed by atoms with E-state index in [0.717, 1.165) is 11.3 Å². The molecule has 0 aliphatic carbocycles. The predicted molar refractivity (Wildman–Crippen MR) is 104 cm³/mol. The van der Waals surface area contributed by atoms with Gasteiger partial charge in [-0.05, 0) is 24.0 Å². The van der Waals surface area contributed by atoms with Crippen LogP contribution < -0.4 is 10.1 Å². The number of nitrogens with one attached hydrogen (secondary N) is 1. The average Bonchev–Trinajstić information content (AvgIpc) is 3.12. The Morgan fingerprint density at radius 1 is 1.30 bits per heavy atom. The molecule has 0 aliphatic heterocycles. The molecule has 9 heteroatoms. The molecule has 0 fully saturated rings. The van der Waals surface area contributed by atoms with Gasteiger partial charge in [-0.25, -0.2) is 15.0 Å². The summed E-state index contributed by atoms with van der Waals surface area (Å²) < 4.78 is 7.06. The maximum atomic E-state index is 12.9. The number of aromatic nitrogens is 4. The smallest absolute Gasteiger partial charge is 0.272 e. The zero-order valence-corrected chi connectivity index (χ0v) is 16.6. The van der Waals surface area contributed by atoms with Crippen LogP contribution in [-0.4, -0.2) is 38.8 Å². The van der Waals surface area contributed by atoms with E-state index in [1.807, 2.05) is 48.3 Å². The van der Waals surface area contributed by atoms with Crippen molar-refractivity contribution in [3.63, 3.8) is 0 Å². The van der Waals surface area contributed by atoms with Crippen molar-refractivity contribution in [3.05, 3.63) is 65.0 Å². The van der Waals surface area contributed by atoms with Gasteiger partial charge in [0.05, 0.1) is 18.3 Å². The Hall–Kier alpha value is -2.58. The van der Waals surface area contributed by atoms with Gasteiger partial charge in [-0.15, -0.1) is 0 Å². The Balaban J connectivity index is 1.96. The molecule has 3 rings (SSSR count). The molecule has 1 atom stereocenters. The molecule has 0 saturated carbocycles. The number of thioether (sulfide) groups is 1. The number of ether oxygens (including phenoxy) is 1. The third-order valence-corrected chi connectivity index (χ3v) is 4.80. The first-order valence-electron chi connectivity index (χ1n) is 8.02. The van der Waals surface area contributed by atoms with E-state index in [0.29, 0.717) is 11.0 Å². The van der Waals surface area contributed by atoms with E-state index in [9.17, 15) is 4.79 Å². The molecule has 1 aromatic carbocycles. The van der Waals surface area contributed by atoms with Crippen LogP contribution in [0.15, 0.2) is 48.0 Å². The van der Waals surface area contributed by atoms with Gasteiger partial charge in [0.2, 0.25) is 0 Å². The maximum Gasteiger partial charge on any atom is 0.272 e. The molecule has 140 valence electrons. The van der Waals surface area contributed by atoms with Crippen molar-refractivity contribution in [3.8, 4) is 5.75 Å². The minimum Gasteiger partial charge on any atom is -0.497 e. The summed E-state index contributed by atoms with van der Waals surface area (Å²) in [6.07, 6.45) is 6.76. The largest absolute Gasteiger partial charge is 0.497 e. The molecule has 3 aromatic rings. The molecule has 0 spiro atoms. The molecule has 2 aromatic heterocycles. The van der Waals surface area contributed by atoms with E-state index in [-0.39, 0.29) is 10.7 Å². The number of carbonyl (C=O) groups excluding carboxylic acids is 1. The lowest BCUT2D eigenvalue weighted by Gasteiger charge is -2.19. The monoisotopic (exact) mass is 403 g/mol. The van der Waals surface area contributed by atoms with Crippen molar-refractivity contribution in [2.75, 3.05) is 13.4 Å². The fourth-order valence-corrected chi connectivity index (χ4v) is 3.07. The zero-order valence-electron chi connectivity index (χ0n) is 15.0. The number of hydrogen-bond donors (Lipinski definition) is 1.